The van der Waals surface area contributed by atoms with Crippen LogP contribution in [0.4, 0.5) is 0 Å². The fourth-order valence-corrected chi connectivity index (χ4v) is 2.85. The number of aromatic amines is 1. The summed E-state index contributed by atoms with van der Waals surface area (Å²) in [6.07, 6.45) is 3.29. The zero-order valence-corrected chi connectivity index (χ0v) is 13.2. The number of imidazole rings is 1. The topological polar surface area (TPSA) is 67.0 Å². The van der Waals surface area contributed by atoms with Gasteiger partial charge in [0.25, 0.3) is 0 Å². The summed E-state index contributed by atoms with van der Waals surface area (Å²) in [7, 11) is 0. The molecule has 1 aliphatic rings. The molecule has 22 heavy (non-hydrogen) atoms. The summed E-state index contributed by atoms with van der Waals surface area (Å²) >= 11 is 0. The smallest absolute Gasteiger partial charge is 0.249 e. The Hall–Kier alpha value is -1.88. The summed E-state index contributed by atoms with van der Waals surface area (Å²) in [5, 5.41) is 2.94. The van der Waals surface area contributed by atoms with Crippen LogP contribution in [-0.4, -0.2) is 35.1 Å². The number of benzene rings is 1. The van der Waals surface area contributed by atoms with Crippen molar-refractivity contribution in [3.05, 3.63) is 29.1 Å². The van der Waals surface area contributed by atoms with Gasteiger partial charge in [0.2, 0.25) is 5.91 Å². The van der Waals surface area contributed by atoms with Crippen molar-refractivity contribution in [3.63, 3.8) is 0 Å². The number of carbonyl (C=O) groups is 1. The average molecular weight is 301 g/mol. The monoisotopic (exact) mass is 301 g/mol. The maximum Gasteiger partial charge on any atom is 0.249 e. The molecule has 1 fully saturated rings. The zero-order valence-electron chi connectivity index (χ0n) is 13.2. The number of nitrogens with zero attached hydrogens (tertiary/aromatic N) is 1. The molecule has 0 spiro atoms. The lowest BCUT2D eigenvalue weighted by atomic mass is 10.1. The fourth-order valence-electron chi connectivity index (χ4n) is 2.85. The molecule has 1 aliphatic heterocycles. The van der Waals surface area contributed by atoms with Gasteiger partial charge < -0.3 is 15.0 Å². The molecule has 5 nitrogen and oxygen atoms in total. The number of fused-ring (bicyclic) bond motifs is 1. The normalized spacial score (nSPS) is 18.0. The van der Waals surface area contributed by atoms with Gasteiger partial charge >= 0.3 is 0 Å². The molecular weight excluding hydrogens is 278 g/mol. The molecule has 1 amide bonds. The van der Waals surface area contributed by atoms with Crippen molar-refractivity contribution in [3.8, 4) is 0 Å². The number of rotatable bonds is 5. The number of hydrogen-bond acceptors (Lipinski definition) is 3. The molecule has 0 unspecified atom stereocenters. The molecule has 0 radical (unpaired) electrons. The first-order chi connectivity index (χ1) is 10.6. The number of H-pyrrole nitrogens is 1. The van der Waals surface area contributed by atoms with E-state index in [0.717, 1.165) is 42.5 Å². The Morgan fingerprint density at radius 1 is 1.45 bits per heavy atom. The highest BCUT2D eigenvalue weighted by Gasteiger charge is 2.22. The third kappa shape index (κ3) is 3.14. The molecule has 2 heterocycles. The van der Waals surface area contributed by atoms with Crippen molar-refractivity contribution in [2.75, 3.05) is 13.2 Å². The van der Waals surface area contributed by atoms with E-state index in [4.69, 9.17) is 4.74 Å². The first kappa shape index (κ1) is 15.0. The summed E-state index contributed by atoms with van der Waals surface area (Å²) in [5.41, 5.74) is 4.63. The van der Waals surface area contributed by atoms with Crippen LogP contribution in [0.1, 0.15) is 36.2 Å². The van der Waals surface area contributed by atoms with Crippen molar-refractivity contribution >= 4 is 16.9 Å². The third-order valence-electron chi connectivity index (χ3n) is 4.34. The van der Waals surface area contributed by atoms with E-state index >= 15 is 0 Å². The summed E-state index contributed by atoms with van der Waals surface area (Å²) < 4.78 is 5.36. The van der Waals surface area contributed by atoms with Crippen molar-refractivity contribution in [1.82, 2.24) is 15.3 Å². The zero-order chi connectivity index (χ0) is 15.5. The predicted molar refractivity (Wildman–Crippen MR) is 85.9 cm³/mol. The minimum absolute atomic E-state index is 0.0218. The molecule has 2 aromatic rings. The second-order valence-corrected chi connectivity index (χ2v) is 5.98. The highest BCUT2D eigenvalue weighted by Crippen LogP contribution is 2.19. The Labute approximate surface area is 130 Å². The second-order valence-electron chi connectivity index (χ2n) is 5.98. The summed E-state index contributed by atoms with van der Waals surface area (Å²) in [5.74, 6) is 1.00. The molecule has 3 rings (SSSR count). The average Bonchev–Trinajstić information content (AvgIpc) is 3.16. The van der Waals surface area contributed by atoms with Gasteiger partial charge in [-0.3, -0.25) is 4.79 Å². The molecule has 118 valence electrons. The first-order valence-corrected chi connectivity index (χ1v) is 7.99. The van der Waals surface area contributed by atoms with Gasteiger partial charge in [-0.2, -0.15) is 0 Å². The lowest BCUT2D eigenvalue weighted by Gasteiger charge is -2.09. The van der Waals surface area contributed by atoms with Crippen LogP contribution in [0.2, 0.25) is 0 Å². The number of aromatic nitrogens is 2. The Bertz CT molecular complexity index is 672. The molecule has 2 N–H and O–H groups in total. The Morgan fingerprint density at radius 3 is 3.09 bits per heavy atom. The van der Waals surface area contributed by atoms with Gasteiger partial charge in [-0.05, 0) is 50.3 Å². The molecular formula is C17H23N3O2. The van der Waals surface area contributed by atoms with Crippen LogP contribution >= 0.6 is 0 Å². The fraction of sp³-hybridized carbons (Fsp3) is 0.529. The summed E-state index contributed by atoms with van der Waals surface area (Å²) in [4.78, 5) is 19.9. The minimum atomic E-state index is -0.239. The van der Waals surface area contributed by atoms with Crippen molar-refractivity contribution in [2.45, 2.75) is 45.6 Å². The number of nitrogens with one attached hydrogen (secondary N) is 2. The van der Waals surface area contributed by atoms with E-state index in [0.29, 0.717) is 13.2 Å². The van der Waals surface area contributed by atoms with Crippen LogP contribution in [0, 0.1) is 13.8 Å². The van der Waals surface area contributed by atoms with Gasteiger partial charge in [-0.25, -0.2) is 4.98 Å². The van der Waals surface area contributed by atoms with Gasteiger partial charge in [-0.1, -0.05) is 6.07 Å². The summed E-state index contributed by atoms with van der Waals surface area (Å²) in [6.45, 7) is 5.57. The van der Waals surface area contributed by atoms with E-state index < -0.39 is 0 Å². The van der Waals surface area contributed by atoms with Gasteiger partial charge in [0.15, 0.2) is 0 Å². The van der Waals surface area contributed by atoms with Crippen LogP contribution in [-0.2, 0) is 16.0 Å². The lowest BCUT2D eigenvalue weighted by Crippen LogP contribution is -2.34. The molecule has 1 aromatic heterocycles. The SMILES string of the molecule is Cc1ccc2[nH]c(CCCNC(=O)[C@@H]3CCCO3)nc2c1C. The standard InChI is InChI=1S/C17H23N3O2/c1-11-7-8-13-16(12(11)2)20-15(19-13)6-3-9-18-17(21)14-5-4-10-22-14/h7-8,14H,3-6,9-10H2,1-2H3,(H,18,21)(H,19,20)/t14-/m0/s1. The number of aryl methyl sites for hydroxylation is 3. The molecule has 0 bridgehead atoms. The van der Waals surface area contributed by atoms with E-state index in [9.17, 15) is 4.79 Å². The minimum Gasteiger partial charge on any atom is -0.368 e. The van der Waals surface area contributed by atoms with Gasteiger partial charge in [0.05, 0.1) is 11.0 Å². The van der Waals surface area contributed by atoms with Crippen molar-refractivity contribution < 1.29 is 9.53 Å². The highest BCUT2D eigenvalue weighted by molar-refractivity contribution is 5.81. The molecule has 1 aromatic carbocycles. The van der Waals surface area contributed by atoms with Crippen LogP contribution in [0.15, 0.2) is 12.1 Å². The largest absolute Gasteiger partial charge is 0.368 e. The molecule has 0 saturated carbocycles. The Morgan fingerprint density at radius 2 is 2.32 bits per heavy atom. The Kier molecular flexibility index (Phi) is 4.43. The number of ether oxygens (including phenoxy) is 1. The maximum atomic E-state index is 11.8. The highest BCUT2D eigenvalue weighted by atomic mass is 16.5. The van der Waals surface area contributed by atoms with Crippen LogP contribution < -0.4 is 5.32 Å². The van der Waals surface area contributed by atoms with E-state index in [1.54, 1.807) is 0 Å². The quantitative estimate of drug-likeness (QED) is 0.833. The van der Waals surface area contributed by atoms with E-state index in [1.807, 2.05) is 0 Å². The first-order valence-electron chi connectivity index (χ1n) is 7.99. The molecule has 5 heteroatoms. The molecule has 1 atom stereocenters. The Balaban J connectivity index is 1.51. The number of hydrogen-bond donors (Lipinski definition) is 2. The van der Waals surface area contributed by atoms with Crippen LogP contribution in [0.25, 0.3) is 11.0 Å². The number of amides is 1. The van der Waals surface area contributed by atoms with Gasteiger partial charge in [0, 0.05) is 19.6 Å². The van der Waals surface area contributed by atoms with Crippen LogP contribution in [0.5, 0.6) is 0 Å². The van der Waals surface area contributed by atoms with Crippen molar-refractivity contribution in [1.29, 1.82) is 0 Å². The van der Waals surface area contributed by atoms with Gasteiger partial charge in [-0.15, -0.1) is 0 Å². The van der Waals surface area contributed by atoms with Gasteiger partial charge in [0.1, 0.15) is 11.9 Å². The lowest BCUT2D eigenvalue weighted by molar-refractivity contribution is -0.130. The van der Waals surface area contributed by atoms with E-state index in [-0.39, 0.29) is 12.0 Å². The maximum absolute atomic E-state index is 11.8. The molecule has 0 aliphatic carbocycles. The molecule has 1 saturated heterocycles. The summed E-state index contributed by atoms with van der Waals surface area (Å²) in [6, 6.07) is 4.19. The van der Waals surface area contributed by atoms with E-state index in [1.165, 1.54) is 11.1 Å². The van der Waals surface area contributed by atoms with Crippen molar-refractivity contribution in [2.24, 2.45) is 0 Å². The van der Waals surface area contributed by atoms with Crippen LogP contribution in [0.3, 0.4) is 0 Å². The third-order valence-corrected chi connectivity index (χ3v) is 4.34. The predicted octanol–water partition coefficient (Wildman–Crippen LogP) is 2.41. The number of carbonyl (C=O) groups excluding carboxylic acids is 1. The van der Waals surface area contributed by atoms with E-state index in [2.05, 4.69) is 41.3 Å². The second kappa shape index (κ2) is 6.48.